The minimum absolute atomic E-state index is 0.0251. The van der Waals surface area contributed by atoms with Crippen LogP contribution < -0.4 is 10.2 Å². The van der Waals surface area contributed by atoms with Gasteiger partial charge in [-0.3, -0.25) is 9.69 Å². The van der Waals surface area contributed by atoms with Crippen molar-refractivity contribution >= 4 is 28.9 Å². The largest absolute Gasteiger partial charge is 0.350 e. The molecule has 1 atom stereocenters. The van der Waals surface area contributed by atoms with Crippen molar-refractivity contribution < 1.29 is 4.79 Å². The van der Waals surface area contributed by atoms with Crippen LogP contribution >= 0.6 is 12.2 Å². The Morgan fingerprint density at radius 1 is 1.32 bits per heavy atom. The number of aromatic nitrogens is 2. The zero-order valence-corrected chi connectivity index (χ0v) is 13.2. The van der Waals surface area contributed by atoms with Crippen LogP contribution in [0.1, 0.15) is 24.6 Å². The number of nitrogens with zero attached hydrogens (tertiary/aromatic N) is 2. The summed E-state index contributed by atoms with van der Waals surface area (Å²) in [4.78, 5) is 21.2. The third-order valence-electron chi connectivity index (χ3n) is 3.73. The molecule has 2 N–H and O–H groups in total. The number of aryl methyl sites for hydroxylation is 1. The van der Waals surface area contributed by atoms with Crippen LogP contribution in [0.5, 0.6) is 0 Å². The van der Waals surface area contributed by atoms with Crippen LogP contribution in [-0.4, -0.2) is 27.0 Å². The van der Waals surface area contributed by atoms with E-state index in [9.17, 15) is 4.79 Å². The summed E-state index contributed by atoms with van der Waals surface area (Å²) in [6.45, 7) is 2.15. The predicted octanol–water partition coefficient (Wildman–Crippen LogP) is 2.19. The molecule has 1 aromatic carbocycles. The Kier molecular flexibility index (Phi) is 4.20. The number of carbonyl (C=O) groups excluding carboxylic acids is 1. The molecular weight excluding hydrogens is 296 g/mol. The van der Waals surface area contributed by atoms with E-state index in [0.717, 1.165) is 24.2 Å². The molecule has 0 bridgehead atoms. The molecule has 1 unspecified atom stereocenters. The Bertz CT molecular complexity index is 666. The van der Waals surface area contributed by atoms with Crippen LogP contribution in [-0.2, 0) is 17.6 Å². The molecule has 1 aromatic heterocycles. The van der Waals surface area contributed by atoms with Crippen molar-refractivity contribution in [3.63, 3.8) is 0 Å². The molecule has 0 aliphatic carbocycles. The van der Waals surface area contributed by atoms with Gasteiger partial charge in [0.25, 0.3) is 5.91 Å². The zero-order valence-electron chi connectivity index (χ0n) is 12.4. The number of hydrogen-bond donors (Lipinski definition) is 2. The average Bonchev–Trinajstić information content (AvgIpc) is 3.10. The number of anilines is 1. The first kappa shape index (κ1) is 14.7. The molecule has 0 saturated carbocycles. The van der Waals surface area contributed by atoms with Gasteiger partial charge in [0, 0.05) is 18.3 Å². The molecule has 2 aromatic rings. The van der Waals surface area contributed by atoms with Crippen molar-refractivity contribution in [1.82, 2.24) is 15.3 Å². The topological polar surface area (TPSA) is 61.0 Å². The lowest BCUT2D eigenvalue weighted by molar-refractivity contribution is -0.118. The van der Waals surface area contributed by atoms with Gasteiger partial charge in [0.2, 0.25) is 0 Å². The summed E-state index contributed by atoms with van der Waals surface area (Å²) in [5.74, 6) is -0.0251. The van der Waals surface area contributed by atoms with Crippen LogP contribution in [0.25, 0.3) is 0 Å². The van der Waals surface area contributed by atoms with Gasteiger partial charge in [0.15, 0.2) is 5.11 Å². The Morgan fingerprint density at radius 3 is 2.73 bits per heavy atom. The first-order chi connectivity index (χ1) is 10.7. The van der Waals surface area contributed by atoms with Gasteiger partial charge in [0.05, 0.1) is 12.0 Å². The molecule has 0 radical (unpaired) electrons. The van der Waals surface area contributed by atoms with E-state index in [1.807, 2.05) is 12.1 Å². The lowest BCUT2D eigenvalue weighted by Gasteiger charge is -2.15. The number of nitrogens with one attached hydrogen (secondary N) is 2. The van der Waals surface area contributed by atoms with Crippen LogP contribution in [0.15, 0.2) is 36.8 Å². The summed E-state index contributed by atoms with van der Waals surface area (Å²) < 4.78 is 0. The molecule has 1 amide bonds. The lowest BCUT2D eigenvalue weighted by atomic mass is 10.1. The smallest absolute Gasteiger partial charge is 0.256 e. The predicted molar refractivity (Wildman–Crippen MR) is 89.7 cm³/mol. The van der Waals surface area contributed by atoms with E-state index in [1.54, 1.807) is 17.4 Å². The second kappa shape index (κ2) is 6.27. The van der Waals surface area contributed by atoms with Crippen molar-refractivity contribution in [2.75, 3.05) is 4.90 Å². The monoisotopic (exact) mass is 314 g/mol. The van der Waals surface area contributed by atoms with Gasteiger partial charge >= 0.3 is 0 Å². The van der Waals surface area contributed by atoms with E-state index in [1.165, 1.54) is 5.56 Å². The van der Waals surface area contributed by atoms with Gasteiger partial charge < -0.3 is 10.3 Å². The maximum atomic E-state index is 12.6. The average molecular weight is 314 g/mol. The number of hydrogen-bond acceptors (Lipinski definition) is 3. The number of amides is 1. The van der Waals surface area contributed by atoms with E-state index < -0.39 is 0 Å². The molecule has 6 heteroatoms. The summed E-state index contributed by atoms with van der Waals surface area (Å²) >= 11 is 5.32. The number of imidazole rings is 1. The van der Waals surface area contributed by atoms with Gasteiger partial charge in [-0.05, 0) is 36.3 Å². The minimum atomic E-state index is -0.344. The van der Waals surface area contributed by atoms with E-state index in [0.29, 0.717) is 11.5 Å². The van der Waals surface area contributed by atoms with Crippen molar-refractivity contribution in [2.24, 2.45) is 0 Å². The summed E-state index contributed by atoms with van der Waals surface area (Å²) in [7, 11) is 0. The van der Waals surface area contributed by atoms with Crippen molar-refractivity contribution in [3.8, 4) is 0 Å². The van der Waals surface area contributed by atoms with Crippen molar-refractivity contribution in [1.29, 1.82) is 0 Å². The van der Waals surface area contributed by atoms with Gasteiger partial charge in [-0.1, -0.05) is 25.5 Å². The number of carbonyl (C=O) groups is 1. The fraction of sp³-hybridized carbons (Fsp3) is 0.312. The lowest BCUT2D eigenvalue weighted by Crippen LogP contribution is -2.32. The third kappa shape index (κ3) is 2.87. The molecule has 1 saturated heterocycles. The minimum Gasteiger partial charge on any atom is -0.350 e. The number of benzene rings is 1. The SMILES string of the molecule is CCCc1ccc(N2C(=O)C(Cc3cnc[nH]3)NC2=S)cc1. The first-order valence-corrected chi connectivity index (χ1v) is 7.80. The Hall–Kier alpha value is -2.21. The maximum Gasteiger partial charge on any atom is 0.256 e. The summed E-state index contributed by atoms with van der Waals surface area (Å²) in [5.41, 5.74) is 2.99. The first-order valence-electron chi connectivity index (χ1n) is 7.39. The third-order valence-corrected chi connectivity index (χ3v) is 4.03. The highest BCUT2D eigenvalue weighted by molar-refractivity contribution is 7.80. The normalized spacial score (nSPS) is 17.9. The van der Waals surface area contributed by atoms with Crippen molar-refractivity contribution in [2.45, 2.75) is 32.2 Å². The number of thiocarbonyl (C=S) groups is 1. The Morgan fingerprint density at radius 2 is 2.09 bits per heavy atom. The Labute approximate surface area is 134 Å². The number of rotatable bonds is 5. The van der Waals surface area contributed by atoms with Gasteiger partial charge in [-0.2, -0.15) is 0 Å². The molecule has 22 heavy (non-hydrogen) atoms. The number of aromatic amines is 1. The zero-order chi connectivity index (χ0) is 15.5. The fourth-order valence-corrected chi connectivity index (χ4v) is 2.97. The molecule has 0 spiro atoms. The van der Waals surface area contributed by atoms with Crippen LogP contribution in [0.2, 0.25) is 0 Å². The van der Waals surface area contributed by atoms with Gasteiger partial charge in [-0.25, -0.2) is 4.98 Å². The summed E-state index contributed by atoms with van der Waals surface area (Å²) in [5, 5.41) is 3.55. The second-order valence-corrected chi connectivity index (χ2v) is 5.76. The second-order valence-electron chi connectivity index (χ2n) is 5.37. The van der Waals surface area contributed by atoms with E-state index >= 15 is 0 Å². The van der Waals surface area contributed by atoms with E-state index in [2.05, 4.69) is 34.3 Å². The highest BCUT2D eigenvalue weighted by atomic mass is 32.1. The maximum absolute atomic E-state index is 12.6. The molecule has 5 nitrogen and oxygen atoms in total. The molecule has 114 valence electrons. The fourth-order valence-electron chi connectivity index (χ4n) is 2.63. The Balaban J connectivity index is 1.76. The molecule has 1 aliphatic heterocycles. The summed E-state index contributed by atoms with van der Waals surface area (Å²) in [6, 6.07) is 7.67. The standard InChI is InChI=1S/C16H18N4OS/c1-2-3-11-4-6-13(7-5-11)20-15(21)14(19-16(20)22)8-12-9-17-10-18-12/h4-7,9-10,14H,2-3,8H2,1H3,(H,17,18)(H,19,22). The van der Waals surface area contributed by atoms with Gasteiger partial charge in [-0.15, -0.1) is 0 Å². The molecule has 1 fully saturated rings. The molecular formula is C16H18N4OS. The van der Waals surface area contributed by atoms with Crippen LogP contribution in [0.3, 0.4) is 0 Å². The molecule has 3 rings (SSSR count). The van der Waals surface area contributed by atoms with E-state index in [4.69, 9.17) is 12.2 Å². The highest BCUT2D eigenvalue weighted by Gasteiger charge is 2.36. The quantitative estimate of drug-likeness (QED) is 0.831. The van der Waals surface area contributed by atoms with E-state index in [-0.39, 0.29) is 11.9 Å². The number of H-pyrrole nitrogens is 1. The van der Waals surface area contributed by atoms with Gasteiger partial charge in [0.1, 0.15) is 6.04 Å². The molecule has 2 heterocycles. The highest BCUT2D eigenvalue weighted by Crippen LogP contribution is 2.22. The van der Waals surface area contributed by atoms with Crippen LogP contribution in [0.4, 0.5) is 5.69 Å². The van der Waals surface area contributed by atoms with Crippen LogP contribution in [0, 0.1) is 0 Å². The molecule has 1 aliphatic rings. The van der Waals surface area contributed by atoms with Crippen molar-refractivity contribution in [3.05, 3.63) is 48.0 Å². The summed E-state index contributed by atoms with van der Waals surface area (Å²) in [6.07, 6.45) is 6.02.